The lowest BCUT2D eigenvalue weighted by Gasteiger charge is -2.31. The van der Waals surface area contributed by atoms with Gasteiger partial charge < -0.3 is 20.5 Å². The number of nitrogens with zero attached hydrogens (tertiary/aromatic N) is 3. The summed E-state index contributed by atoms with van der Waals surface area (Å²) in [6.45, 7) is 3.61. The molecule has 25 heavy (non-hydrogen) atoms. The van der Waals surface area contributed by atoms with Crippen LogP contribution >= 0.6 is 12.4 Å². The van der Waals surface area contributed by atoms with Gasteiger partial charge in [0.1, 0.15) is 11.5 Å². The van der Waals surface area contributed by atoms with Crippen LogP contribution in [0, 0.1) is 6.92 Å². The van der Waals surface area contributed by atoms with Crippen molar-refractivity contribution in [2.75, 3.05) is 18.0 Å². The van der Waals surface area contributed by atoms with Gasteiger partial charge in [0.05, 0.1) is 17.5 Å². The Morgan fingerprint density at radius 1 is 1.12 bits per heavy atom. The van der Waals surface area contributed by atoms with Gasteiger partial charge in [0.15, 0.2) is 5.82 Å². The standard InChI is InChI=1S/C18H20N4O.ClH.H2O/c1-12-19-16-11-15(13-5-3-2-4-6-13)21-17(16)18(20-12)22-9-7-14(23)8-10-22;;/h2-6,11,14,23H,7-10H2,1H3,(H,19,20);1H;1H2. The number of piperidine rings is 1. The number of hydrogen-bond donors (Lipinski definition) is 2. The number of anilines is 1. The summed E-state index contributed by atoms with van der Waals surface area (Å²) < 4.78 is 0. The van der Waals surface area contributed by atoms with E-state index in [1.54, 1.807) is 0 Å². The first-order valence-electron chi connectivity index (χ1n) is 8.06. The summed E-state index contributed by atoms with van der Waals surface area (Å²) in [7, 11) is 0. The number of aromatic nitrogens is 3. The molecule has 4 N–H and O–H groups in total. The number of fused-ring (bicyclic) bond motifs is 1. The van der Waals surface area contributed by atoms with Crippen LogP contribution < -0.4 is 4.90 Å². The SMILES string of the molecule is Cc1nc(N2CCC(O)CC2)c2nc(-c3ccccc3)cc-2[nH]1.Cl.O. The minimum absolute atomic E-state index is 0. The zero-order valence-corrected chi connectivity index (χ0v) is 14.9. The molecule has 3 heterocycles. The first-order valence-corrected chi connectivity index (χ1v) is 8.06. The van der Waals surface area contributed by atoms with Crippen molar-refractivity contribution in [3.05, 3.63) is 42.2 Å². The van der Waals surface area contributed by atoms with Gasteiger partial charge in [0.2, 0.25) is 0 Å². The maximum Gasteiger partial charge on any atom is 0.158 e. The Morgan fingerprint density at radius 2 is 1.80 bits per heavy atom. The van der Waals surface area contributed by atoms with Crippen LogP contribution in [-0.4, -0.2) is 44.7 Å². The second-order valence-corrected chi connectivity index (χ2v) is 6.13. The third-order valence-corrected chi connectivity index (χ3v) is 4.40. The maximum absolute atomic E-state index is 9.73. The van der Waals surface area contributed by atoms with Crippen molar-refractivity contribution >= 4 is 18.2 Å². The Balaban J connectivity index is 0.00000113. The molecule has 0 aromatic heterocycles. The maximum atomic E-state index is 9.73. The van der Waals surface area contributed by atoms with Gasteiger partial charge in [-0.2, -0.15) is 0 Å². The number of rotatable bonds is 2. The van der Waals surface area contributed by atoms with Crippen molar-refractivity contribution < 1.29 is 10.6 Å². The third kappa shape index (κ3) is 3.76. The molecule has 1 aromatic rings. The number of aromatic amines is 1. The van der Waals surface area contributed by atoms with E-state index in [0.29, 0.717) is 0 Å². The van der Waals surface area contributed by atoms with Crippen molar-refractivity contribution in [3.8, 4) is 22.6 Å². The monoisotopic (exact) mass is 362 g/mol. The number of benzene rings is 1. The molecule has 0 amide bonds. The molecule has 134 valence electrons. The fourth-order valence-corrected chi connectivity index (χ4v) is 3.17. The van der Waals surface area contributed by atoms with Gasteiger partial charge in [0.25, 0.3) is 0 Å². The fourth-order valence-electron chi connectivity index (χ4n) is 3.17. The fraction of sp³-hybridized carbons (Fsp3) is 0.333. The molecule has 0 saturated carbocycles. The van der Waals surface area contributed by atoms with Crippen LogP contribution in [0.4, 0.5) is 5.82 Å². The van der Waals surface area contributed by atoms with Crippen molar-refractivity contribution in [2.24, 2.45) is 0 Å². The normalized spacial score (nSPS) is 14.9. The largest absolute Gasteiger partial charge is 0.412 e. The molecule has 0 unspecified atom stereocenters. The summed E-state index contributed by atoms with van der Waals surface area (Å²) in [5.41, 5.74) is 3.99. The Morgan fingerprint density at radius 3 is 2.48 bits per heavy atom. The predicted octanol–water partition coefficient (Wildman–Crippen LogP) is 2.44. The quantitative estimate of drug-likeness (QED) is 0.731. The highest BCUT2D eigenvalue weighted by molar-refractivity contribution is 5.85. The van der Waals surface area contributed by atoms with E-state index in [4.69, 9.17) is 4.98 Å². The average Bonchev–Trinajstić information content (AvgIpc) is 2.99. The molecule has 0 aliphatic carbocycles. The van der Waals surface area contributed by atoms with Gasteiger partial charge in [-0.05, 0) is 25.8 Å². The van der Waals surface area contributed by atoms with Gasteiger partial charge in [-0.3, -0.25) is 0 Å². The molecule has 7 heteroatoms. The molecule has 3 aliphatic rings. The van der Waals surface area contributed by atoms with E-state index in [1.165, 1.54) is 0 Å². The molecule has 0 radical (unpaired) electrons. The van der Waals surface area contributed by atoms with Crippen LogP contribution in [-0.2, 0) is 0 Å². The first kappa shape index (κ1) is 19.2. The first-order chi connectivity index (χ1) is 11.2. The second-order valence-electron chi connectivity index (χ2n) is 6.13. The smallest absolute Gasteiger partial charge is 0.158 e. The molecule has 6 nitrogen and oxygen atoms in total. The molecule has 0 atom stereocenters. The van der Waals surface area contributed by atoms with Crippen LogP contribution in [0.2, 0.25) is 0 Å². The Kier molecular flexibility index (Phi) is 6.00. The highest BCUT2D eigenvalue weighted by Gasteiger charge is 2.24. The zero-order chi connectivity index (χ0) is 15.8. The molecular formula is C18H23ClN4O2. The van der Waals surface area contributed by atoms with Gasteiger partial charge in [-0.1, -0.05) is 30.3 Å². The molecule has 0 spiro atoms. The summed E-state index contributed by atoms with van der Waals surface area (Å²) in [6, 6.07) is 12.3. The Bertz CT molecular complexity index is 785. The van der Waals surface area contributed by atoms with Gasteiger partial charge in [0, 0.05) is 18.7 Å². The molecule has 4 rings (SSSR count). The minimum Gasteiger partial charge on any atom is -0.412 e. The van der Waals surface area contributed by atoms with E-state index in [2.05, 4.69) is 33.1 Å². The number of halogens is 1. The number of aryl methyl sites for hydroxylation is 1. The molecule has 3 aliphatic heterocycles. The van der Waals surface area contributed by atoms with E-state index in [-0.39, 0.29) is 24.0 Å². The van der Waals surface area contributed by atoms with Crippen molar-refractivity contribution in [3.63, 3.8) is 0 Å². The van der Waals surface area contributed by atoms with E-state index >= 15 is 0 Å². The molecule has 0 bridgehead atoms. The third-order valence-electron chi connectivity index (χ3n) is 4.40. The number of H-pyrrole nitrogens is 1. The highest BCUT2D eigenvalue weighted by atomic mass is 35.5. The van der Waals surface area contributed by atoms with E-state index < -0.39 is 0 Å². The summed E-state index contributed by atoms with van der Waals surface area (Å²) in [5, 5.41) is 9.73. The van der Waals surface area contributed by atoms with E-state index in [9.17, 15) is 5.11 Å². The summed E-state index contributed by atoms with van der Waals surface area (Å²) >= 11 is 0. The zero-order valence-electron chi connectivity index (χ0n) is 14.1. The lowest BCUT2D eigenvalue weighted by Crippen LogP contribution is -2.36. The van der Waals surface area contributed by atoms with Crippen molar-refractivity contribution in [1.29, 1.82) is 0 Å². The molecular weight excluding hydrogens is 340 g/mol. The van der Waals surface area contributed by atoms with Gasteiger partial charge >= 0.3 is 0 Å². The number of aliphatic hydroxyl groups excluding tert-OH is 1. The lowest BCUT2D eigenvalue weighted by atomic mass is 10.1. The minimum atomic E-state index is -0.189. The number of aliphatic hydroxyl groups is 1. The van der Waals surface area contributed by atoms with Crippen LogP contribution in [0.15, 0.2) is 36.4 Å². The van der Waals surface area contributed by atoms with E-state index in [0.717, 1.165) is 60.2 Å². The van der Waals surface area contributed by atoms with Crippen LogP contribution in [0.25, 0.3) is 22.6 Å². The average molecular weight is 363 g/mol. The Hall–Kier alpha value is -2.15. The number of nitrogens with one attached hydrogen (secondary N) is 1. The lowest BCUT2D eigenvalue weighted by molar-refractivity contribution is 0.145. The summed E-state index contributed by atoms with van der Waals surface area (Å²) in [5.74, 6) is 1.80. The van der Waals surface area contributed by atoms with Crippen molar-refractivity contribution in [1.82, 2.24) is 15.0 Å². The van der Waals surface area contributed by atoms with Crippen LogP contribution in [0.1, 0.15) is 18.7 Å². The second kappa shape index (κ2) is 7.82. The molecule has 1 fully saturated rings. The van der Waals surface area contributed by atoms with Gasteiger partial charge in [-0.25, -0.2) is 9.97 Å². The summed E-state index contributed by atoms with van der Waals surface area (Å²) in [4.78, 5) is 15.1. The topological polar surface area (TPSA) is 96.5 Å². The van der Waals surface area contributed by atoms with Crippen LogP contribution in [0.5, 0.6) is 0 Å². The highest BCUT2D eigenvalue weighted by Crippen LogP contribution is 2.34. The van der Waals surface area contributed by atoms with Gasteiger partial charge in [-0.15, -0.1) is 12.4 Å². The summed E-state index contributed by atoms with van der Waals surface area (Å²) in [6.07, 6.45) is 1.38. The number of hydrogen-bond acceptors (Lipinski definition) is 4. The molecule has 1 saturated heterocycles. The van der Waals surface area contributed by atoms with Crippen molar-refractivity contribution in [2.45, 2.75) is 25.9 Å². The molecule has 1 aromatic carbocycles. The van der Waals surface area contributed by atoms with Crippen LogP contribution in [0.3, 0.4) is 0 Å². The van der Waals surface area contributed by atoms with E-state index in [1.807, 2.05) is 25.1 Å². The Labute approximate surface area is 153 Å². The predicted molar refractivity (Wildman–Crippen MR) is 101 cm³/mol.